The second-order valence-corrected chi connectivity index (χ2v) is 11.9. The van der Waals surface area contributed by atoms with Crippen LogP contribution in [0.4, 0.5) is 0 Å². The van der Waals surface area contributed by atoms with Crippen LogP contribution in [0.15, 0.2) is 48.5 Å². The summed E-state index contributed by atoms with van der Waals surface area (Å²) in [6.07, 6.45) is 15.0. The minimum absolute atomic E-state index is 0. The van der Waals surface area contributed by atoms with Crippen molar-refractivity contribution in [1.29, 1.82) is 0 Å². The zero-order valence-corrected chi connectivity index (χ0v) is 20.0. The van der Waals surface area contributed by atoms with E-state index in [2.05, 4.69) is 34.4 Å². The summed E-state index contributed by atoms with van der Waals surface area (Å²) in [5.74, 6) is 0. The molecule has 2 aromatic carbocycles. The summed E-state index contributed by atoms with van der Waals surface area (Å²) in [5, 5.41) is 1.78. The largest absolute Gasteiger partial charge is 0.748 e. The maximum atomic E-state index is 3.03. The van der Waals surface area contributed by atoms with Crippen LogP contribution in [0.2, 0.25) is 0 Å². The third-order valence-corrected chi connectivity index (χ3v) is 10.0. The van der Waals surface area contributed by atoms with Gasteiger partial charge in [0.2, 0.25) is 0 Å². The van der Waals surface area contributed by atoms with Crippen LogP contribution < -0.4 is 5.30 Å². The molecule has 0 aliphatic heterocycles. The van der Waals surface area contributed by atoms with Crippen molar-refractivity contribution in [3.8, 4) is 0 Å². The molecule has 2 saturated carbocycles. The van der Waals surface area contributed by atoms with E-state index >= 15 is 0 Å². The fourth-order valence-corrected chi connectivity index (χ4v) is 9.27. The van der Waals surface area contributed by atoms with Gasteiger partial charge < -0.3 is 30.3 Å². The smallest absolute Gasteiger partial charge is 0 e. The Labute approximate surface area is 181 Å². The van der Waals surface area contributed by atoms with Crippen LogP contribution in [0.5, 0.6) is 0 Å². The monoisotopic (exact) mass is 442 g/mol. The van der Waals surface area contributed by atoms with Gasteiger partial charge in [-0.05, 0) is 42.7 Å². The molecular weight excluding hydrogens is 406 g/mol. The molecule has 156 valence electrons. The van der Waals surface area contributed by atoms with E-state index in [1.165, 1.54) is 64.2 Å². The van der Waals surface area contributed by atoms with Gasteiger partial charge in [-0.1, -0.05) is 53.4 Å². The Morgan fingerprint density at radius 1 is 0.889 bits per heavy atom. The van der Waals surface area contributed by atoms with E-state index in [-0.39, 0.29) is 25.0 Å². The van der Waals surface area contributed by atoms with Gasteiger partial charge >= 0.3 is 0 Å². The van der Waals surface area contributed by atoms with Crippen LogP contribution >= 0.6 is 17.2 Å². The summed E-state index contributed by atoms with van der Waals surface area (Å²) >= 11 is 0. The topological polar surface area (TPSA) is 0 Å². The van der Waals surface area contributed by atoms with Crippen LogP contribution in [-0.4, -0.2) is 11.3 Å². The summed E-state index contributed by atoms with van der Waals surface area (Å²) in [4.78, 5) is 0. The molecule has 2 unspecified atom stereocenters. The molecule has 2 aromatic rings. The molecule has 0 N–H and O–H groups in total. The van der Waals surface area contributed by atoms with Crippen LogP contribution in [-0.2, 0) is 17.1 Å². The van der Waals surface area contributed by atoms with Crippen LogP contribution in [0.3, 0.4) is 0 Å². The molecule has 2 aliphatic rings. The molecule has 0 nitrogen and oxygen atoms in total. The number of hydrogen-bond donors (Lipinski definition) is 0. The van der Waals surface area contributed by atoms with Crippen molar-refractivity contribution < 1.29 is 17.1 Å². The van der Waals surface area contributed by atoms with Crippen molar-refractivity contribution in [3.63, 3.8) is 0 Å². The predicted molar refractivity (Wildman–Crippen MR) is 122 cm³/mol. The Bertz CT molecular complexity index is 554. The Kier molecular flexibility index (Phi) is 10.9. The van der Waals surface area contributed by atoms with Gasteiger partial charge in [-0.3, -0.25) is 0 Å². The standard InChI is InChI=1S/C19H31P2.C5H5.Fe/c1-15(20)18-13-8-14-19(18)21(16-9-4-2-5-10-16)17-11-6-3-7-12-17;1-2-4-5-3-1;/h8,13-17H,2-7,9-12,20H2,1H3;1-5H;/q-1;-5;. The minimum Gasteiger partial charge on any atom is -0.748 e. The van der Waals surface area contributed by atoms with Gasteiger partial charge in [0.1, 0.15) is 0 Å². The molecule has 2 aliphatic carbocycles. The molecule has 2 atom stereocenters. The van der Waals surface area contributed by atoms with E-state index < -0.39 is 0 Å². The maximum absolute atomic E-state index is 3.03. The summed E-state index contributed by atoms with van der Waals surface area (Å²) < 4.78 is 0. The molecule has 27 heavy (non-hydrogen) atoms. The SMILES string of the molecule is CC(P)[c-]1cccc1P(C1CCCCC1)C1CCCCC1.[Fe].[cH-]1[cH-][cH-][cH-][cH-]1. The number of rotatable bonds is 4. The molecule has 0 spiro atoms. The molecule has 3 heteroatoms. The van der Waals surface area contributed by atoms with Crippen molar-refractivity contribution in [2.45, 2.75) is 88.1 Å². The molecule has 0 saturated heterocycles. The molecule has 4 rings (SSSR count). The molecule has 2 fully saturated rings. The zero-order valence-electron chi connectivity index (χ0n) is 16.8. The first-order valence-corrected chi connectivity index (χ1v) is 12.9. The summed E-state index contributed by atoms with van der Waals surface area (Å²) in [6, 6.07) is 17.2. The van der Waals surface area contributed by atoms with Gasteiger partial charge in [0.05, 0.1) is 0 Å². The first-order chi connectivity index (χ1) is 12.8. The summed E-state index contributed by atoms with van der Waals surface area (Å²) in [5.41, 5.74) is 4.32. The van der Waals surface area contributed by atoms with Crippen LogP contribution in [0.25, 0.3) is 0 Å². The van der Waals surface area contributed by atoms with Crippen LogP contribution in [0, 0.1) is 0 Å². The average Bonchev–Trinajstić information content (AvgIpc) is 3.39. The zero-order chi connectivity index (χ0) is 18.2. The maximum Gasteiger partial charge on any atom is 0 e. The van der Waals surface area contributed by atoms with E-state index in [1.54, 1.807) is 10.9 Å². The Balaban J connectivity index is 0.000000379. The second-order valence-electron chi connectivity index (χ2n) is 8.11. The van der Waals surface area contributed by atoms with Crippen molar-refractivity contribution in [1.82, 2.24) is 0 Å². The van der Waals surface area contributed by atoms with E-state index in [0.717, 1.165) is 11.3 Å². The van der Waals surface area contributed by atoms with Crippen molar-refractivity contribution in [3.05, 3.63) is 54.1 Å². The van der Waals surface area contributed by atoms with Crippen molar-refractivity contribution >= 4 is 22.5 Å². The summed E-state index contributed by atoms with van der Waals surface area (Å²) in [7, 11) is 3.11. The molecule has 0 aromatic heterocycles. The van der Waals surface area contributed by atoms with E-state index in [0.29, 0.717) is 5.66 Å². The molecule has 0 heterocycles. The first kappa shape index (κ1) is 23.4. The molecular formula is C24H36FeP2-6. The van der Waals surface area contributed by atoms with Gasteiger partial charge in [-0.2, -0.15) is 6.07 Å². The Morgan fingerprint density at radius 2 is 1.33 bits per heavy atom. The number of hydrogen-bond acceptors (Lipinski definition) is 0. The fourth-order valence-electron chi connectivity index (χ4n) is 4.78. The normalized spacial score (nSPS) is 19.8. The second kappa shape index (κ2) is 12.6. The van der Waals surface area contributed by atoms with Gasteiger partial charge in [0, 0.05) is 17.1 Å². The third-order valence-electron chi connectivity index (χ3n) is 6.09. The van der Waals surface area contributed by atoms with Crippen molar-refractivity contribution in [2.75, 3.05) is 0 Å². The van der Waals surface area contributed by atoms with E-state index in [4.69, 9.17) is 0 Å². The van der Waals surface area contributed by atoms with Gasteiger partial charge in [0.15, 0.2) is 0 Å². The molecule has 0 amide bonds. The third kappa shape index (κ3) is 6.82. The van der Waals surface area contributed by atoms with E-state index in [9.17, 15) is 0 Å². The molecule has 0 bridgehead atoms. The Hall–Kier alpha value is 0.0795. The van der Waals surface area contributed by atoms with Crippen molar-refractivity contribution in [2.24, 2.45) is 0 Å². The summed E-state index contributed by atoms with van der Waals surface area (Å²) in [6.45, 7) is 2.35. The quantitative estimate of drug-likeness (QED) is 0.261. The van der Waals surface area contributed by atoms with Gasteiger partial charge in [0.25, 0.3) is 0 Å². The van der Waals surface area contributed by atoms with Gasteiger partial charge in [-0.25, -0.2) is 12.1 Å². The van der Waals surface area contributed by atoms with Gasteiger partial charge in [-0.15, -0.1) is 20.1 Å². The average molecular weight is 442 g/mol. The van der Waals surface area contributed by atoms with E-state index in [1.807, 2.05) is 30.3 Å². The predicted octanol–water partition coefficient (Wildman–Crippen LogP) is 7.52. The first-order valence-electron chi connectivity index (χ1n) is 10.7. The molecule has 0 radical (unpaired) electrons. The fraction of sp³-hybridized carbons (Fsp3) is 0.583. The Morgan fingerprint density at radius 3 is 1.74 bits per heavy atom. The van der Waals surface area contributed by atoms with Crippen LogP contribution in [0.1, 0.15) is 82.4 Å². The minimum atomic E-state index is 0.